The highest BCUT2D eigenvalue weighted by molar-refractivity contribution is 9.10. The van der Waals surface area contributed by atoms with Crippen molar-refractivity contribution in [2.24, 2.45) is 4.99 Å². The lowest BCUT2D eigenvalue weighted by molar-refractivity contribution is -0.120. The molecule has 1 aromatic heterocycles. The third-order valence-electron chi connectivity index (χ3n) is 5.28. The Bertz CT molecular complexity index is 1500. The molecule has 0 atom stereocenters. The Labute approximate surface area is 203 Å². The number of amides is 1. The molecule has 1 aliphatic rings. The lowest BCUT2D eigenvalue weighted by atomic mass is 10.1. The number of aromatic amines is 1. The van der Waals surface area contributed by atoms with Crippen LogP contribution in [-0.4, -0.2) is 27.1 Å². The van der Waals surface area contributed by atoms with E-state index in [1.54, 1.807) is 25.1 Å². The Morgan fingerprint density at radius 3 is 2.70 bits per heavy atom. The van der Waals surface area contributed by atoms with Crippen LogP contribution >= 0.6 is 28.1 Å². The van der Waals surface area contributed by atoms with Gasteiger partial charge in [0.15, 0.2) is 4.77 Å². The number of fused-ring (bicyclic) bond motifs is 1. The molecule has 0 unspecified atom stereocenters. The molecule has 33 heavy (non-hydrogen) atoms. The van der Waals surface area contributed by atoms with E-state index in [4.69, 9.17) is 12.2 Å². The van der Waals surface area contributed by atoms with Crippen LogP contribution in [0.1, 0.15) is 25.3 Å². The number of para-hydroxylation sites is 1. The van der Waals surface area contributed by atoms with Crippen LogP contribution in [0.4, 0.5) is 0 Å². The maximum absolute atomic E-state index is 12.8. The van der Waals surface area contributed by atoms with Crippen LogP contribution < -0.4 is 21.5 Å². The van der Waals surface area contributed by atoms with Gasteiger partial charge in [-0.25, -0.2) is 4.99 Å². The number of benzene rings is 2. The van der Waals surface area contributed by atoms with Crippen molar-refractivity contribution < 1.29 is 9.90 Å². The van der Waals surface area contributed by atoms with Crippen LogP contribution in [0.2, 0.25) is 0 Å². The normalized spacial score (nSPS) is 13.6. The maximum atomic E-state index is 12.8. The molecule has 7 nitrogen and oxygen atoms in total. The minimum atomic E-state index is -0.511. The van der Waals surface area contributed by atoms with E-state index in [0.717, 1.165) is 20.6 Å². The van der Waals surface area contributed by atoms with Crippen LogP contribution in [0.5, 0.6) is 5.88 Å². The first-order valence-electron chi connectivity index (χ1n) is 10.4. The Hall–Kier alpha value is -3.30. The molecule has 1 amide bonds. The van der Waals surface area contributed by atoms with Crippen LogP contribution in [-0.2, 0) is 4.79 Å². The molecule has 0 fully saturated rings. The summed E-state index contributed by atoms with van der Waals surface area (Å²) in [6.45, 7) is 2.24. The van der Waals surface area contributed by atoms with Gasteiger partial charge >= 0.3 is 0 Å². The van der Waals surface area contributed by atoms with Gasteiger partial charge in [-0.3, -0.25) is 19.1 Å². The van der Waals surface area contributed by atoms with Crippen molar-refractivity contribution in [2.45, 2.75) is 19.8 Å². The Morgan fingerprint density at radius 1 is 1.24 bits per heavy atom. The average Bonchev–Trinajstić information content (AvgIpc) is 3.15. The van der Waals surface area contributed by atoms with Crippen molar-refractivity contribution in [1.29, 1.82) is 0 Å². The Kier molecular flexibility index (Phi) is 6.71. The maximum Gasteiger partial charge on any atom is 0.262 e. The summed E-state index contributed by atoms with van der Waals surface area (Å²) in [5.41, 5.74) is 1.59. The number of hydrogen-bond donors (Lipinski definition) is 3. The number of nitrogens with one attached hydrogen (secondary N) is 2. The lowest BCUT2D eigenvalue weighted by Gasteiger charge is -2.12. The zero-order chi connectivity index (χ0) is 23.5. The van der Waals surface area contributed by atoms with Crippen LogP contribution in [0.15, 0.2) is 68.5 Å². The highest BCUT2D eigenvalue weighted by Crippen LogP contribution is 2.26. The molecule has 3 N–H and O–H groups in total. The zero-order valence-electron chi connectivity index (χ0n) is 17.8. The summed E-state index contributed by atoms with van der Waals surface area (Å²) in [4.78, 5) is 31.7. The molecule has 168 valence electrons. The highest BCUT2D eigenvalue weighted by Gasteiger charge is 2.18. The molecule has 0 radical (unpaired) electrons. The first-order valence-corrected chi connectivity index (χ1v) is 11.6. The number of hydrogen-bond acceptors (Lipinski definition) is 5. The molecule has 0 bridgehead atoms. The summed E-state index contributed by atoms with van der Waals surface area (Å²) < 4.78 is 2.36. The fraction of sp³-hybridized carbons (Fsp3) is 0.167. The van der Waals surface area contributed by atoms with Gasteiger partial charge in [0, 0.05) is 22.7 Å². The predicted molar refractivity (Wildman–Crippen MR) is 133 cm³/mol. The minimum Gasteiger partial charge on any atom is -0.494 e. The monoisotopic (exact) mass is 524 g/mol. The molecule has 3 aromatic rings. The van der Waals surface area contributed by atoms with Gasteiger partial charge in [-0.2, -0.15) is 0 Å². The molecule has 1 aliphatic heterocycles. The first-order chi connectivity index (χ1) is 15.9. The van der Waals surface area contributed by atoms with Crippen molar-refractivity contribution in [3.8, 4) is 11.6 Å². The summed E-state index contributed by atoms with van der Waals surface area (Å²) >= 11 is 8.69. The molecule has 0 spiro atoms. The van der Waals surface area contributed by atoms with Gasteiger partial charge in [0.25, 0.3) is 5.56 Å². The van der Waals surface area contributed by atoms with Crippen molar-refractivity contribution >= 4 is 45.7 Å². The predicted octanol–water partition coefficient (Wildman–Crippen LogP) is 3.10. The zero-order valence-corrected chi connectivity index (χ0v) is 20.2. The van der Waals surface area contributed by atoms with E-state index in [-0.39, 0.29) is 22.1 Å². The second-order valence-corrected chi connectivity index (χ2v) is 8.70. The Balaban J connectivity index is 1.82. The van der Waals surface area contributed by atoms with Crippen LogP contribution in [0.3, 0.4) is 0 Å². The highest BCUT2D eigenvalue weighted by atomic mass is 79.9. The van der Waals surface area contributed by atoms with Crippen LogP contribution in [0.25, 0.3) is 17.3 Å². The SMILES string of the molecule is CCC(=O)NCCC1=c2ccccc2=N/C1=C\c1c(O)n(-c2ccc(Br)cc2)c(=S)[nH]c1=O. The van der Waals surface area contributed by atoms with Gasteiger partial charge in [-0.05, 0) is 60.6 Å². The number of aromatic hydroxyl groups is 1. The van der Waals surface area contributed by atoms with Crippen LogP contribution in [0, 0.1) is 4.77 Å². The van der Waals surface area contributed by atoms with E-state index in [2.05, 4.69) is 31.2 Å². The fourth-order valence-corrected chi connectivity index (χ4v) is 4.18. The van der Waals surface area contributed by atoms with E-state index in [0.29, 0.717) is 30.8 Å². The third-order valence-corrected chi connectivity index (χ3v) is 6.10. The number of carbonyl (C=O) groups excluding carboxylic acids is 1. The quantitative estimate of drug-likeness (QED) is 0.431. The van der Waals surface area contributed by atoms with Gasteiger partial charge < -0.3 is 10.4 Å². The standard InChI is InChI=1S/C24H21BrN4O3S/c1-2-21(30)26-12-11-17-16-5-3-4-6-19(16)27-20(17)13-18-22(31)28-24(33)29(23(18)32)15-9-7-14(25)8-10-15/h3-10,13,32H,2,11-12H2,1H3,(H,26,30)(H,28,31,33)/b20-13-. The molecule has 9 heteroatoms. The summed E-state index contributed by atoms with van der Waals surface area (Å²) in [6.07, 6.45) is 2.50. The average molecular weight is 525 g/mol. The second-order valence-electron chi connectivity index (χ2n) is 7.40. The van der Waals surface area contributed by atoms with Gasteiger partial charge in [0.05, 0.1) is 16.7 Å². The van der Waals surface area contributed by atoms with Crippen molar-refractivity contribution in [3.05, 3.63) is 90.0 Å². The molecular weight excluding hydrogens is 504 g/mol. The van der Waals surface area contributed by atoms with E-state index >= 15 is 0 Å². The molecule has 4 rings (SSSR count). The number of carbonyl (C=O) groups is 1. The summed E-state index contributed by atoms with van der Waals surface area (Å²) in [7, 11) is 0. The van der Waals surface area contributed by atoms with Crippen molar-refractivity contribution in [2.75, 3.05) is 6.54 Å². The Morgan fingerprint density at radius 2 is 1.97 bits per heavy atom. The number of halogens is 1. The van der Waals surface area contributed by atoms with E-state index in [1.807, 2.05) is 36.4 Å². The van der Waals surface area contributed by atoms with E-state index in [9.17, 15) is 14.7 Å². The molecule has 0 saturated heterocycles. The molecular formula is C24H21BrN4O3S. The third kappa shape index (κ3) is 4.74. The molecule has 2 heterocycles. The second kappa shape index (κ2) is 9.68. The number of allylic oxidation sites excluding steroid dienone is 1. The molecule has 0 saturated carbocycles. The van der Waals surface area contributed by atoms with E-state index < -0.39 is 5.56 Å². The van der Waals surface area contributed by atoms with Gasteiger partial charge in [-0.1, -0.05) is 41.1 Å². The smallest absolute Gasteiger partial charge is 0.262 e. The topological polar surface area (TPSA) is 99.5 Å². The number of rotatable bonds is 6. The fourth-order valence-electron chi connectivity index (χ4n) is 3.63. The molecule has 2 aromatic carbocycles. The van der Waals surface area contributed by atoms with Crippen molar-refractivity contribution in [1.82, 2.24) is 14.9 Å². The summed E-state index contributed by atoms with van der Waals surface area (Å²) in [5.74, 6) is -0.307. The summed E-state index contributed by atoms with van der Waals surface area (Å²) in [6, 6.07) is 14.8. The van der Waals surface area contributed by atoms with Gasteiger partial charge in [-0.15, -0.1) is 0 Å². The number of aromatic nitrogens is 2. The minimum absolute atomic E-state index is 0.0324. The number of H-pyrrole nitrogens is 1. The number of nitrogens with zero attached hydrogens (tertiary/aromatic N) is 2. The summed E-state index contributed by atoms with van der Waals surface area (Å²) in [5, 5.41) is 15.6. The largest absolute Gasteiger partial charge is 0.494 e. The van der Waals surface area contributed by atoms with Gasteiger partial charge in [0.2, 0.25) is 11.8 Å². The molecule has 0 aliphatic carbocycles. The van der Waals surface area contributed by atoms with E-state index in [1.165, 1.54) is 4.57 Å². The van der Waals surface area contributed by atoms with Crippen molar-refractivity contribution in [3.63, 3.8) is 0 Å². The lowest BCUT2D eigenvalue weighted by Crippen LogP contribution is -2.26. The first kappa shape index (κ1) is 22.9. The van der Waals surface area contributed by atoms with Gasteiger partial charge in [0.1, 0.15) is 5.56 Å².